The lowest BCUT2D eigenvalue weighted by Crippen LogP contribution is -2.31. The number of nitrogens with zero attached hydrogens (tertiary/aromatic N) is 1. The summed E-state index contributed by atoms with van der Waals surface area (Å²) in [7, 11) is 1.28. The topological polar surface area (TPSA) is 68.3 Å². The van der Waals surface area contributed by atoms with Crippen LogP contribution in [0.2, 0.25) is 0 Å². The molecule has 1 N–H and O–H groups in total. The summed E-state index contributed by atoms with van der Waals surface area (Å²) >= 11 is 4.89. The monoisotopic (exact) mass is 476 g/mol. The van der Waals surface area contributed by atoms with E-state index < -0.39 is 12.0 Å². The van der Waals surface area contributed by atoms with Gasteiger partial charge in [0, 0.05) is 15.4 Å². The second kappa shape index (κ2) is 9.76. The highest BCUT2D eigenvalue weighted by Gasteiger charge is 2.20. The van der Waals surface area contributed by atoms with E-state index in [9.17, 15) is 14.0 Å². The van der Waals surface area contributed by atoms with Gasteiger partial charge in [0.15, 0.2) is 0 Å². The second-order valence-corrected chi connectivity index (χ2v) is 8.06. The number of benzene rings is 2. The number of carbonyl (C=O) groups is 2. The number of thiazole rings is 1. The van der Waals surface area contributed by atoms with Gasteiger partial charge in [-0.3, -0.25) is 9.59 Å². The summed E-state index contributed by atoms with van der Waals surface area (Å²) in [4.78, 5) is 28.8. The van der Waals surface area contributed by atoms with Crippen molar-refractivity contribution in [1.82, 2.24) is 10.3 Å². The number of hydrogen-bond acceptors (Lipinski definition) is 5. The maximum absolute atomic E-state index is 13.2. The maximum atomic E-state index is 13.2. The van der Waals surface area contributed by atoms with Crippen molar-refractivity contribution in [3.05, 3.63) is 75.5 Å². The van der Waals surface area contributed by atoms with Gasteiger partial charge < -0.3 is 10.1 Å². The van der Waals surface area contributed by atoms with Gasteiger partial charge in [0.1, 0.15) is 10.8 Å². The number of methoxy groups -OCH3 is 1. The van der Waals surface area contributed by atoms with Crippen LogP contribution in [-0.2, 0) is 20.7 Å². The van der Waals surface area contributed by atoms with Crippen LogP contribution in [-0.4, -0.2) is 24.0 Å². The van der Waals surface area contributed by atoms with Gasteiger partial charge in [-0.25, -0.2) is 9.37 Å². The summed E-state index contributed by atoms with van der Waals surface area (Å²) < 4.78 is 18.9. The second-order valence-electron chi connectivity index (χ2n) is 6.28. The molecule has 0 bridgehead atoms. The molecule has 150 valence electrons. The lowest BCUT2D eigenvalue weighted by Gasteiger charge is -2.18. The molecule has 0 saturated heterocycles. The maximum Gasteiger partial charge on any atom is 0.307 e. The molecule has 0 saturated carbocycles. The predicted octanol–water partition coefficient (Wildman–Crippen LogP) is 4.67. The van der Waals surface area contributed by atoms with Gasteiger partial charge in [-0.15, -0.1) is 11.3 Å². The number of ether oxygens (including phenoxy) is 1. The minimum Gasteiger partial charge on any atom is -0.469 e. The van der Waals surface area contributed by atoms with E-state index in [0.29, 0.717) is 11.3 Å². The highest BCUT2D eigenvalue weighted by Crippen LogP contribution is 2.26. The summed E-state index contributed by atoms with van der Waals surface area (Å²) in [5.41, 5.74) is 2.22. The van der Waals surface area contributed by atoms with Crippen molar-refractivity contribution in [2.24, 2.45) is 0 Å². The number of esters is 1. The first-order valence-electron chi connectivity index (χ1n) is 8.76. The van der Waals surface area contributed by atoms with Gasteiger partial charge in [0.2, 0.25) is 5.91 Å². The van der Waals surface area contributed by atoms with E-state index in [1.54, 1.807) is 0 Å². The number of hydrogen-bond donors (Lipinski definition) is 1. The fourth-order valence-corrected chi connectivity index (χ4v) is 3.97. The SMILES string of the molecule is COC(=O)CC(NC(=O)Cc1csc(-c2cccc(Br)c2)n1)c1ccc(F)cc1. The van der Waals surface area contributed by atoms with E-state index in [1.807, 2.05) is 29.6 Å². The van der Waals surface area contributed by atoms with Crippen molar-refractivity contribution in [3.63, 3.8) is 0 Å². The fourth-order valence-electron chi connectivity index (χ4n) is 2.75. The van der Waals surface area contributed by atoms with Crippen LogP contribution >= 0.6 is 27.3 Å². The van der Waals surface area contributed by atoms with Crippen LogP contribution in [0.1, 0.15) is 23.7 Å². The molecule has 1 atom stereocenters. The van der Waals surface area contributed by atoms with E-state index in [4.69, 9.17) is 4.74 Å². The first kappa shape index (κ1) is 21.1. The molecule has 0 radical (unpaired) electrons. The lowest BCUT2D eigenvalue weighted by atomic mass is 10.0. The van der Waals surface area contributed by atoms with E-state index >= 15 is 0 Å². The third-order valence-electron chi connectivity index (χ3n) is 4.17. The molecule has 0 aliphatic carbocycles. The first-order chi connectivity index (χ1) is 13.9. The average molecular weight is 477 g/mol. The largest absolute Gasteiger partial charge is 0.469 e. The van der Waals surface area contributed by atoms with Crippen LogP contribution in [0.4, 0.5) is 4.39 Å². The van der Waals surface area contributed by atoms with Gasteiger partial charge in [-0.2, -0.15) is 0 Å². The lowest BCUT2D eigenvalue weighted by molar-refractivity contribution is -0.141. The number of aromatic nitrogens is 1. The Bertz CT molecular complexity index is 1010. The number of nitrogens with one attached hydrogen (secondary N) is 1. The Balaban J connectivity index is 1.70. The molecule has 5 nitrogen and oxygen atoms in total. The molecule has 3 aromatic rings. The van der Waals surface area contributed by atoms with Crippen molar-refractivity contribution in [2.45, 2.75) is 18.9 Å². The number of halogens is 2. The third-order valence-corrected chi connectivity index (χ3v) is 5.60. The molecule has 0 spiro atoms. The van der Waals surface area contributed by atoms with Crippen molar-refractivity contribution >= 4 is 39.1 Å². The van der Waals surface area contributed by atoms with Gasteiger partial charge >= 0.3 is 5.97 Å². The summed E-state index contributed by atoms with van der Waals surface area (Å²) in [5, 5.41) is 5.47. The van der Waals surface area contributed by atoms with Crippen molar-refractivity contribution in [2.75, 3.05) is 7.11 Å². The van der Waals surface area contributed by atoms with Gasteiger partial charge in [-0.05, 0) is 29.8 Å². The molecule has 0 aliphatic rings. The molecule has 29 heavy (non-hydrogen) atoms. The Morgan fingerprint density at radius 2 is 2.00 bits per heavy atom. The van der Waals surface area contributed by atoms with E-state index in [2.05, 4.69) is 26.2 Å². The molecular weight excluding hydrogens is 459 g/mol. The molecule has 1 unspecified atom stereocenters. The molecule has 2 aromatic carbocycles. The molecule has 1 heterocycles. The third kappa shape index (κ3) is 5.95. The fraction of sp³-hybridized carbons (Fsp3) is 0.190. The number of rotatable bonds is 7. The Hall–Kier alpha value is -2.58. The molecule has 1 aromatic heterocycles. The Kier molecular flexibility index (Phi) is 7.11. The summed E-state index contributed by atoms with van der Waals surface area (Å²) in [6, 6.07) is 12.8. The van der Waals surface area contributed by atoms with E-state index in [1.165, 1.54) is 42.7 Å². The minimum absolute atomic E-state index is 0.0474. The van der Waals surface area contributed by atoms with Crippen LogP contribution in [0.25, 0.3) is 10.6 Å². The van der Waals surface area contributed by atoms with Crippen LogP contribution in [0.15, 0.2) is 58.4 Å². The highest BCUT2D eigenvalue weighted by atomic mass is 79.9. The molecule has 3 rings (SSSR count). The Morgan fingerprint density at radius 3 is 2.69 bits per heavy atom. The van der Waals surface area contributed by atoms with Gasteiger partial charge in [0.05, 0.1) is 31.7 Å². The Morgan fingerprint density at radius 1 is 1.24 bits per heavy atom. The summed E-state index contributed by atoms with van der Waals surface area (Å²) in [5.74, 6) is -1.14. The van der Waals surface area contributed by atoms with E-state index in [-0.39, 0.29) is 24.6 Å². The van der Waals surface area contributed by atoms with Gasteiger partial charge in [0.25, 0.3) is 0 Å². The number of amides is 1. The highest BCUT2D eigenvalue weighted by molar-refractivity contribution is 9.10. The minimum atomic E-state index is -0.612. The first-order valence-corrected chi connectivity index (χ1v) is 10.4. The summed E-state index contributed by atoms with van der Waals surface area (Å²) in [6.07, 6.45) is 0.0254. The van der Waals surface area contributed by atoms with Crippen LogP contribution < -0.4 is 5.32 Å². The van der Waals surface area contributed by atoms with Crippen molar-refractivity contribution in [3.8, 4) is 10.6 Å². The van der Waals surface area contributed by atoms with Crippen LogP contribution in [0.5, 0.6) is 0 Å². The smallest absolute Gasteiger partial charge is 0.307 e. The zero-order valence-electron chi connectivity index (χ0n) is 15.5. The Labute approximate surface area is 180 Å². The standard InChI is InChI=1S/C21H18BrFN2O3S/c1-28-20(27)11-18(13-5-7-16(23)8-6-13)25-19(26)10-17-12-29-21(24-17)14-3-2-4-15(22)9-14/h2-9,12,18H,10-11H2,1H3,(H,25,26). The van der Waals surface area contributed by atoms with Crippen LogP contribution in [0, 0.1) is 5.82 Å². The quantitative estimate of drug-likeness (QED) is 0.502. The van der Waals surface area contributed by atoms with Gasteiger partial charge in [-0.1, -0.05) is 40.2 Å². The average Bonchev–Trinajstić information content (AvgIpc) is 3.16. The zero-order chi connectivity index (χ0) is 20.8. The molecule has 0 fully saturated rings. The summed E-state index contributed by atoms with van der Waals surface area (Å²) in [6.45, 7) is 0. The normalized spacial score (nSPS) is 11.7. The van der Waals surface area contributed by atoms with Crippen molar-refractivity contribution in [1.29, 1.82) is 0 Å². The van der Waals surface area contributed by atoms with E-state index in [0.717, 1.165) is 15.0 Å². The predicted molar refractivity (Wildman–Crippen MR) is 113 cm³/mol. The molecule has 0 aliphatic heterocycles. The number of carbonyl (C=O) groups excluding carboxylic acids is 2. The molecule has 8 heteroatoms. The van der Waals surface area contributed by atoms with Crippen LogP contribution in [0.3, 0.4) is 0 Å². The van der Waals surface area contributed by atoms with Crippen molar-refractivity contribution < 1.29 is 18.7 Å². The molecule has 1 amide bonds. The zero-order valence-corrected chi connectivity index (χ0v) is 17.9. The molecular formula is C21H18BrFN2O3S.